The van der Waals surface area contributed by atoms with Crippen molar-refractivity contribution in [3.8, 4) is 0 Å². The third-order valence-corrected chi connectivity index (χ3v) is 4.28. The number of rotatable bonds is 5. The van der Waals surface area contributed by atoms with E-state index in [0.717, 1.165) is 22.9 Å². The van der Waals surface area contributed by atoms with Gasteiger partial charge in [0, 0.05) is 16.7 Å². The lowest BCUT2D eigenvalue weighted by Crippen LogP contribution is -2.36. The number of carbonyl (C=O) groups is 2. The minimum Gasteiger partial charge on any atom is -0.348 e. The molecule has 4 nitrogen and oxygen atoms in total. The normalized spacial score (nSPS) is 10.2. The van der Waals surface area contributed by atoms with Crippen molar-refractivity contribution >= 4 is 33.4 Å². The Morgan fingerprint density at radius 3 is 2.48 bits per heavy atom. The lowest BCUT2D eigenvalue weighted by Gasteiger charge is -2.08. The molecule has 2 amide bonds. The average Bonchev–Trinajstić information content (AvgIpc) is 2.55. The molecule has 120 valence electrons. The topological polar surface area (TPSA) is 58.2 Å². The second-order valence-electron chi connectivity index (χ2n) is 5.26. The van der Waals surface area contributed by atoms with Crippen LogP contribution in [0.25, 0.3) is 0 Å². The standard InChI is InChI=1S/C18H19BrN2O2/c1-13-12-15(9-10-16(13)19)21-18(23)17(22)20-11-5-8-14-6-3-2-4-7-14/h2-4,6-7,9-10,12H,5,8,11H2,1H3,(H,20,22)(H,21,23). The van der Waals surface area contributed by atoms with E-state index in [0.29, 0.717) is 12.2 Å². The summed E-state index contributed by atoms with van der Waals surface area (Å²) in [7, 11) is 0. The van der Waals surface area contributed by atoms with Crippen molar-refractivity contribution in [2.45, 2.75) is 19.8 Å². The van der Waals surface area contributed by atoms with Crippen LogP contribution in [0.5, 0.6) is 0 Å². The second-order valence-corrected chi connectivity index (χ2v) is 6.12. The number of nitrogens with one attached hydrogen (secondary N) is 2. The summed E-state index contributed by atoms with van der Waals surface area (Å²) in [6.45, 7) is 2.39. The van der Waals surface area contributed by atoms with Crippen LogP contribution >= 0.6 is 15.9 Å². The summed E-state index contributed by atoms with van der Waals surface area (Å²) in [5.41, 5.74) is 2.82. The van der Waals surface area contributed by atoms with E-state index >= 15 is 0 Å². The molecule has 0 aliphatic rings. The maximum atomic E-state index is 11.8. The molecule has 0 aliphatic heterocycles. The van der Waals surface area contributed by atoms with Gasteiger partial charge in [0.05, 0.1) is 0 Å². The summed E-state index contributed by atoms with van der Waals surface area (Å²) >= 11 is 3.39. The highest BCUT2D eigenvalue weighted by molar-refractivity contribution is 9.10. The van der Waals surface area contributed by atoms with E-state index in [4.69, 9.17) is 0 Å². The Bertz CT molecular complexity index is 687. The van der Waals surface area contributed by atoms with Gasteiger partial charge in [-0.1, -0.05) is 46.3 Å². The molecule has 0 saturated carbocycles. The van der Waals surface area contributed by atoms with Gasteiger partial charge >= 0.3 is 11.8 Å². The van der Waals surface area contributed by atoms with Crippen LogP contribution in [0, 0.1) is 6.92 Å². The SMILES string of the molecule is Cc1cc(NC(=O)C(=O)NCCCc2ccccc2)ccc1Br. The van der Waals surface area contributed by atoms with Gasteiger partial charge in [-0.3, -0.25) is 9.59 Å². The number of amides is 2. The van der Waals surface area contributed by atoms with Gasteiger partial charge in [0.1, 0.15) is 0 Å². The fourth-order valence-electron chi connectivity index (χ4n) is 2.13. The minimum atomic E-state index is -0.647. The van der Waals surface area contributed by atoms with Gasteiger partial charge in [0.2, 0.25) is 0 Å². The van der Waals surface area contributed by atoms with Crippen LogP contribution in [0.3, 0.4) is 0 Å². The molecule has 0 aliphatic carbocycles. The zero-order chi connectivity index (χ0) is 16.7. The van der Waals surface area contributed by atoms with E-state index in [1.165, 1.54) is 5.56 Å². The average molecular weight is 375 g/mol. The van der Waals surface area contributed by atoms with Crippen LogP contribution in [0.1, 0.15) is 17.5 Å². The zero-order valence-electron chi connectivity index (χ0n) is 12.9. The van der Waals surface area contributed by atoms with Crippen molar-refractivity contribution in [3.05, 3.63) is 64.1 Å². The monoisotopic (exact) mass is 374 g/mol. The van der Waals surface area contributed by atoms with Gasteiger partial charge in [-0.2, -0.15) is 0 Å². The van der Waals surface area contributed by atoms with Crippen molar-refractivity contribution in [1.82, 2.24) is 5.32 Å². The lowest BCUT2D eigenvalue weighted by molar-refractivity contribution is -0.136. The molecular weight excluding hydrogens is 356 g/mol. The van der Waals surface area contributed by atoms with Crippen LogP contribution in [0.2, 0.25) is 0 Å². The largest absolute Gasteiger partial charge is 0.348 e. The Labute approximate surface area is 144 Å². The van der Waals surface area contributed by atoms with E-state index in [1.807, 2.05) is 49.4 Å². The molecule has 0 fully saturated rings. The van der Waals surface area contributed by atoms with Crippen LogP contribution in [-0.4, -0.2) is 18.4 Å². The van der Waals surface area contributed by atoms with E-state index in [9.17, 15) is 9.59 Å². The molecule has 0 spiro atoms. The molecule has 2 aromatic carbocycles. The fourth-order valence-corrected chi connectivity index (χ4v) is 2.38. The number of anilines is 1. The van der Waals surface area contributed by atoms with Gasteiger partial charge in [-0.15, -0.1) is 0 Å². The molecule has 2 N–H and O–H groups in total. The Balaban J connectivity index is 1.74. The van der Waals surface area contributed by atoms with Gasteiger partial charge in [-0.25, -0.2) is 0 Å². The predicted molar refractivity (Wildman–Crippen MR) is 95.3 cm³/mol. The van der Waals surface area contributed by atoms with Gasteiger partial charge in [0.25, 0.3) is 0 Å². The Kier molecular flexibility index (Phi) is 6.35. The fraction of sp³-hybridized carbons (Fsp3) is 0.222. The van der Waals surface area contributed by atoms with Crippen LogP contribution in [-0.2, 0) is 16.0 Å². The first-order valence-electron chi connectivity index (χ1n) is 7.45. The highest BCUT2D eigenvalue weighted by Crippen LogP contribution is 2.19. The molecule has 2 aromatic rings. The Hall–Kier alpha value is -2.14. The number of halogens is 1. The summed E-state index contributed by atoms with van der Waals surface area (Å²) < 4.78 is 0.959. The van der Waals surface area contributed by atoms with Gasteiger partial charge < -0.3 is 10.6 Å². The Morgan fingerprint density at radius 1 is 1.04 bits per heavy atom. The summed E-state index contributed by atoms with van der Waals surface area (Å²) in [5, 5.41) is 5.24. The van der Waals surface area contributed by atoms with E-state index < -0.39 is 11.8 Å². The first-order valence-corrected chi connectivity index (χ1v) is 8.25. The van der Waals surface area contributed by atoms with Crippen molar-refractivity contribution in [3.63, 3.8) is 0 Å². The van der Waals surface area contributed by atoms with Crippen LogP contribution in [0.15, 0.2) is 53.0 Å². The summed E-state index contributed by atoms with van der Waals surface area (Å²) in [6, 6.07) is 15.4. The summed E-state index contributed by atoms with van der Waals surface area (Å²) in [4.78, 5) is 23.6. The molecule has 0 heterocycles. The Morgan fingerprint density at radius 2 is 1.78 bits per heavy atom. The molecule has 5 heteroatoms. The molecule has 0 bridgehead atoms. The highest BCUT2D eigenvalue weighted by atomic mass is 79.9. The minimum absolute atomic E-state index is 0.473. The van der Waals surface area contributed by atoms with Crippen LogP contribution < -0.4 is 10.6 Å². The van der Waals surface area contributed by atoms with Crippen molar-refractivity contribution < 1.29 is 9.59 Å². The third-order valence-electron chi connectivity index (χ3n) is 3.39. The molecule has 23 heavy (non-hydrogen) atoms. The maximum absolute atomic E-state index is 11.8. The first kappa shape index (κ1) is 17.2. The smallest absolute Gasteiger partial charge is 0.313 e. The molecule has 0 radical (unpaired) electrons. The van der Waals surface area contributed by atoms with E-state index in [2.05, 4.69) is 26.6 Å². The van der Waals surface area contributed by atoms with Crippen molar-refractivity contribution in [2.24, 2.45) is 0 Å². The number of benzene rings is 2. The third kappa shape index (κ3) is 5.53. The zero-order valence-corrected chi connectivity index (χ0v) is 14.5. The highest BCUT2D eigenvalue weighted by Gasteiger charge is 2.13. The first-order chi connectivity index (χ1) is 11.1. The van der Waals surface area contributed by atoms with Gasteiger partial charge in [-0.05, 0) is 49.1 Å². The molecule has 0 atom stereocenters. The van der Waals surface area contributed by atoms with Crippen molar-refractivity contribution in [1.29, 1.82) is 0 Å². The molecule has 2 rings (SSSR count). The lowest BCUT2D eigenvalue weighted by atomic mass is 10.1. The predicted octanol–water partition coefficient (Wildman–Crippen LogP) is 3.45. The quantitative estimate of drug-likeness (QED) is 0.621. The molecular formula is C18H19BrN2O2. The van der Waals surface area contributed by atoms with Crippen LogP contribution in [0.4, 0.5) is 5.69 Å². The second kappa shape index (κ2) is 8.48. The van der Waals surface area contributed by atoms with E-state index in [-0.39, 0.29) is 0 Å². The molecule has 0 aromatic heterocycles. The summed E-state index contributed by atoms with van der Waals surface area (Å²) in [5.74, 6) is -1.26. The molecule has 0 saturated heterocycles. The molecule has 0 unspecified atom stereocenters. The van der Waals surface area contributed by atoms with Crippen molar-refractivity contribution in [2.75, 3.05) is 11.9 Å². The maximum Gasteiger partial charge on any atom is 0.313 e. The van der Waals surface area contributed by atoms with E-state index in [1.54, 1.807) is 6.07 Å². The van der Waals surface area contributed by atoms with Gasteiger partial charge in [0.15, 0.2) is 0 Å². The number of aryl methyl sites for hydroxylation is 2. The number of hydrogen-bond acceptors (Lipinski definition) is 2. The summed E-state index contributed by atoms with van der Waals surface area (Å²) in [6.07, 6.45) is 1.66. The number of hydrogen-bond donors (Lipinski definition) is 2. The number of carbonyl (C=O) groups excluding carboxylic acids is 2.